The fourth-order valence-corrected chi connectivity index (χ4v) is 1.42. The van der Waals surface area contributed by atoms with Crippen molar-refractivity contribution < 1.29 is 17.6 Å². The van der Waals surface area contributed by atoms with Crippen LogP contribution in [0.15, 0.2) is 22.7 Å². The Morgan fingerprint density at radius 2 is 2.00 bits per heavy atom. The summed E-state index contributed by atoms with van der Waals surface area (Å²) in [4.78, 5) is 4.01. The standard InChI is InChI=1S/C11H11F3N4O/c1-6-5-15-10(19-6)7(2)16-9-4-3-8(17-18-9)11(12,13)14/h3-5,7H,1-2H3,(H,16,18). The van der Waals surface area contributed by atoms with Gasteiger partial charge in [-0.05, 0) is 26.0 Å². The second-order valence-corrected chi connectivity index (χ2v) is 3.98. The molecule has 1 atom stereocenters. The number of oxazole rings is 1. The molecule has 0 aliphatic carbocycles. The first kappa shape index (κ1) is 13.3. The number of anilines is 1. The first-order valence-corrected chi connectivity index (χ1v) is 5.46. The van der Waals surface area contributed by atoms with Crippen LogP contribution in [-0.2, 0) is 6.18 Å². The van der Waals surface area contributed by atoms with Crippen LogP contribution in [0.25, 0.3) is 0 Å². The molecule has 0 fully saturated rings. The molecule has 1 N–H and O–H groups in total. The Bertz CT molecular complexity index is 550. The Morgan fingerprint density at radius 1 is 1.26 bits per heavy atom. The SMILES string of the molecule is Cc1cnc(C(C)Nc2ccc(C(F)(F)F)nn2)o1. The number of nitrogens with one attached hydrogen (secondary N) is 1. The van der Waals surface area contributed by atoms with Crippen LogP contribution in [-0.4, -0.2) is 15.2 Å². The average molecular weight is 272 g/mol. The third-order valence-corrected chi connectivity index (χ3v) is 2.33. The van der Waals surface area contributed by atoms with E-state index in [4.69, 9.17) is 4.42 Å². The van der Waals surface area contributed by atoms with E-state index in [1.165, 1.54) is 6.07 Å². The molecule has 0 aromatic carbocycles. The Hall–Kier alpha value is -2.12. The van der Waals surface area contributed by atoms with E-state index in [1.54, 1.807) is 20.0 Å². The van der Waals surface area contributed by atoms with Crippen molar-refractivity contribution in [3.63, 3.8) is 0 Å². The highest BCUT2D eigenvalue weighted by Crippen LogP contribution is 2.27. The van der Waals surface area contributed by atoms with E-state index in [0.717, 1.165) is 6.07 Å². The first-order chi connectivity index (χ1) is 8.86. The van der Waals surface area contributed by atoms with Gasteiger partial charge in [0, 0.05) is 0 Å². The van der Waals surface area contributed by atoms with Gasteiger partial charge in [0.15, 0.2) is 5.69 Å². The lowest BCUT2D eigenvalue weighted by atomic mass is 10.3. The molecule has 0 aliphatic heterocycles. The van der Waals surface area contributed by atoms with Crippen LogP contribution in [0.5, 0.6) is 0 Å². The van der Waals surface area contributed by atoms with Crippen LogP contribution in [0.3, 0.4) is 0 Å². The highest BCUT2D eigenvalue weighted by Gasteiger charge is 2.32. The normalized spacial score (nSPS) is 13.3. The Labute approximate surface area is 106 Å². The summed E-state index contributed by atoms with van der Waals surface area (Å²) in [5.74, 6) is 1.30. The molecule has 0 aliphatic rings. The number of alkyl halides is 3. The van der Waals surface area contributed by atoms with Gasteiger partial charge in [0.25, 0.3) is 0 Å². The van der Waals surface area contributed by atoms with Crippen LogP contribution in [0, 0.1) is 6.92 Å². The second-order valence-electron chi connectivity index (χ2n) is 3.98. The summed E-state index contributed by atoms with van der Waals surface area (Å²) in [7, 11) is 0. The number of hydrogen-bond donors (Lipinski definition) is 1. The minimum Gasteiger partial charge on any atom is -0.444 e. The lowest BCUT2D eigenvalue weighted by molar-refractivity contribution is -0.141. The number of halogens is 3. The first-order valence-electron chi connectivity index (χ1n) is 5.46. The number of aromatic nitrogens is 3. The molecular weight excluding hydrogens is 261 g/mol. The minimum atomic E-state index is -4.49. The number of hydrogen-bond acceptors (Lipinski definition) is 5. The maximum Gasteiger partial charge on any atom is 0.435 e. The summed E-state index contributed by atoms with van der Waals surface area (Å²) >= 11 is 0. The molecule has 0 saturated carbocycles. The molecule has 0 radical (unpaired) electrons. The van der Waals surface area contributed by atoms with E-state index in [0.29, 0.717) is 11.7 Å². The number of nitrogens with zero attached hydrogens (tertiary/aromatic N) is 3. The molecule has 19 heavy (non-hydrogen) atoms. The summed E-state index contributed by atoms with van der Waals surface area (Å²) in [6.07, 6.45) is -2.93. The summed E-state index contributed by atoms with van der Waals surface area (Å²) in [5, 5.41) is 9.43. The summed E-state index contributed by atoms with van der Waals surface area (Å²) in [6, 6.07) is 1.75. The molecule has 2 rings (SSSR count). The van der Waals surface area contributed by atoms with Crippen LogP contribution in [0.2, 0.25) is 0 Å². The maximum atomic E-state index is 12.3. The zero-order chi connectivity index (χ0) is 14.0. The second kappa shape index (κ2) is 4.87. The quantitative estimate of drug-likeness (QED) is 0.930. The lowest BCUT2D eigenvalue weighted by Gasteiger charge is -2.11. The molecule has 0 saturated heterocycles. The molecule has 102 valence electrons. The molecular formula is C11H11F3N4O. The molecule has 1 unspecified atom stereocenters. The van der Waals surface area contributed by atoms with Crippen molar-refractivity contribution in [1.29, 1.82) is 0 Å². The van der Waals surface area contributed by atoms with E-state index >= 15 is 0 Å². The fraction of sp³-hybridized carbons (Fsp3) is 0.364. The maximum absolute atomic E-state index is 12.3. The molecule has 0 amide bonds. The largest absolute Gasteiger partial charge is 0.444 e. The minimum absolute atomic E-state index is 0.219. The average Bonchev–Trinajstić information content (AvgIpc) is 2.75. The van der Waals surface area contributed by atoms with Gasteiger partial charge >= 0.3 is 6.18 Å². The molecule has 0 spiro atoms. The van der Waals surface area contributed by atoms with Crippen molar-refractivity contribution in [2.75, 3.05) is 5.32 Å². The van der Waals surface area contributed by atoms with E-state index in [9.17, 15) is 13.2 Å². The van der Waals surface area contributed by atoms with Crippen molar-refractivity contribution in [1.82, 2.24) is 15.2 Å². The van der Waals surface area contributed by atoms with Gasteiger partial charge in [0.1, 0.15) is 17.6 Å². The Morgan fingerprint density at radius 3 is 2.47 bits per heavy atom. The zero-order valence-corrected chi connectivity index (χ0v) is 10.2. The molecule has 2 heterocycles. The predicted molar refractivity (Wildman–Crippen MR) is 60.3 cm³/mol. The molecule has 2 aromatic heterocycles. The van der Waals surface area contributed by atoms with Crippen LogP contribution >= 0.6 is 0 Å². The monoisotopic (exact) mass is 272 g/mol. The summed E-state index contributed by atoms with van der Waals surface area (Å²) in [5.41, 5.74) is -1.03. The van der Waals surface area contributed by atoms with Gasteiger partial charge in [0.05, 0.1) is 6.20 Å². The predicted octanol–water partition coefficient (Wildman–Crippen LogP) is 2.96. The van der Waals surface area contributed by atoms with Gasteiger partial charge in [-0.2, -0.15) is 13.2 Å². The van der Waals surface area contributed by atoms with Crippen LogP contribution in [0.1, 0.15) is 30.3 Å². The Kier molecular flexibility index (Phi) is 3.41. The molecule has 0 bridgehead atoms. The molecule has 5 nitrogen and oxygen atoms in total. The van der Waals surface area contributed by atoms with Gasteiger partial charge in [-0.3, -0.25) is 0 Å². The molecule has 2 aromatic rings. The van der Waals surface area contributed by atoms with Crippen molar-refractivity contribution >= 4 is 5.82 Å². The van der Waals surface area contributed by atoms with Crippen molar-refractivity contribution in [2.45, 2.75) is 26.1 Å². The van der Waals surface area contributed by atoms with E-state index in [2.05, 4.69) is 20.5 Å². The van der Waals surface area contributed by atoms with Crippen molar-refractivity contribution in [3.8, 4) is 0 Å². The van der Waals surface area contributed by atoms with Gasteiger partial charge < -0.3 is 9.73 Å². The van der Waals surface area contributed by atoms with E-state index < -0.39 is 11.9 Å². The molecule has 8 heteroatoms. The lowest BCUT2D eigenvalue weighted by Crippen LogP contribution is -2.12. The smallest absolute Gasteiger partial charge is 0.435 e. The topological polar surface area (TPSA) is 63.8 Å². The zero-order valence-electron chi connectivity index (χ0n) is 10.2. The summed E-state index contributed by atoms with van der Waals surface area (Å²) in [6.45, 7) is 3.51. The van der Waals surface area contributed by atoms with Crippen LogP contribution < -0.4 is 5.32 Å². The number of aryl methyl sites for hydroxylation is 1. The van der Waals surface area contributed by atoms with Crippen LogP contribution in [0.4, 0.5) is 19.0 Å². The van der Waals surface area contributed by atoms with E-state index in [1.807, 2.05) is 0 Å². The van der Waals surface area contributed by atoms with Gasteiger partial charge in [-0.1, -0.05) is 0 Å². The van der Waals surface area contributed by atoms with Gasteiger partial charge in [0.2, 0.25) is 5.89 Å². The Balaban J connectivity index is 2.07. The third kappa shape index (κ3) is 3.21. The number of rotatable bonds is 3. The van der Waals surface area contributed by atoms with Crippen molar-refractivity contribution in [2.24, 2.45) is 0 Å². The van der Waals surface area contributed by atoms with Crippen molar-refractivity contribution in [3.05, 3.63) is 35.7 Å². The highest BCUT2D eigenvalue weighted by molar-refractivity contribution is 5.35. The van der Waals surface area contributed by atoms with E-state index in [-0.39, 0.29) is 11.9 Å². The van der Waals surface area contributed by atoms with Gasteiger partial charge in [-0.25, -0.2) is 4.98 Å². The highest BCUT2D eigenvalue weighted by atomic mass is 19.4. The fourth-order valence-electron chi connectivity index (χ4n) is 1.42. The van der Waals surface area contributed by atoms with Gasteiger partial charge in [-0.15, -0.1) is 10.2 Å². The third-order valence-electron chi connectivity index (χ3n) is 2.33. The summed E-state index contributed by atoms with van der Waals surface area (Å²) < 4.78 is 42.2.